The second-order valence-corrected chi connectivity index (χ2v) is 6.81. The smallest absolute Gasteiger partial charge is 0.273 e. The van der Waals surface area contributed by atoms with E-state index >= 15 is 0 Å². The lowest BCUT2D eigenvalue weighted by Crippen LogP contribution is -2.36. The van der Waals surface area contributed by atoms with Crippen LogP contribution >= 0.6 is 11.3 Å². The zero-order valence-electron chi connectivity index (χ0n) is 13.7. The molecule has 1 aliphatic rings. The Morgan fingerprint density at radius 1 is 1.32 bits per heavy atom. The predicted molar refractivity (Wildman–Crippen MR) is 94.2 cm³/mol. The van der Waals surface area contributed by atoms with Gasteiger partial charge >= 0.3 is 0 Å². The Kier molecular flexibility index (Phi) is 4.56. The maximum Gasteiger partial charge on any atom is 0.273 e. The summed E-state index contributed by atoms with van der Waals surface area (Å²) in [6.45, 7) is 0.794. The van der Waals surface area contributed by atoms with Crippen LogP contribution in [0.1, 0.15) is 35.6 Å². The van der Waals surface area contributed by atoms with Gasteiger partial charge in [-0.3, -0.25) is 4.79 Å². The molecule has 25 heavy (non-hydrogen) atoms. The molecule has 1 aromatic carbocycles. The van der Waals surface area contributed by atoms with Crippen molar-refractivity contribution in [1.29, 1.82) is 0 Å². The third-order valence-corrected chi connectivity index (χ3v) is 5.07. The van der Waals surface area contributed by atoms with Crippen LogP contribution in [0.4, 0.5) is 0 Å². The number of carbonyl (C=O) groups excluding carboxylic acids is 1. The average molecular weight is 354 g/mol. The molecule has 1 saturated heterocycles. The number of carbonyl (C=O) groups is 1. The molecule has 6 nitrogen and oxygen atoms in total. The minimum atomic E-state index is 0.0295. The first kappa shape index (κ1) is 16.0. The second-order valence-electron chi connectivity index (χ2n) is 6.09. The van der Waals surface area contributed by atoms with Crippen molar-refractivity contribution in [1.82, 2.24) is 20.0 Å². The summed E-state index contributed by atoms with van der Waals surface area (Å²) in [5.41, 5.74) is 3.16. The molecule has 7 heteroatoms. The van der Waals surface area contributed by atoms with Crippen molar-refractivity contribution in [3.8, 4) is 11.5 Å². The number of thiazole rings is 1. The summed E-state index contributed by atoms with van der Waals surface area (Å²) in [6, 6.07) is 9.95. The first-order chi connectivity index (χ1) is 12.3. The standard InChI is InChI=1S/C18H18N4O2S/c23-18(15-11-25-12-19-15)22-10-4-7-14(22)8-9-16-20-17(24-21-16)13-5-2-1-3-6-13/h1-3,5-6,11-12,14H,4,7-10H2. The Hall–Kier alpha value is -2.54. The van der Waals surface area contributed by atoms with E-state index < -0.39 is 0 Å². The first-order valence-electron chi connectivity index (χ1n) is 8.38. The summed E-state index contributed by atoms with van der Waals surface area (Å²) in [5.74, 6) is 1.26. The minimum absolute atomic E-state index is 0.0295. The third-order valence-electron chi connectivity index (χ3n) is 4.48. The van der Waals surface area contributed by atoms with Gasteiger partial charge in [-0.2, -0.15) is 4.98 Å². The second kappa shape index (κ2) is 7.14. The summed E-state index contributed by atoms with van der Waals surface area (Å²) < 4.78 is 5.35. The Morgan fingerprint density at radius 2 is 2.20 bits per heavy atom. The fourth-order valence-electron chi connectivity index (χ4n) is 3.22. The van der Waals surface area contributed by atoms with Crippen molar-refractivity contribution in [2.24, 2.45) is 0 Å². The van der Waals surface area contributed by atoms with Gasteiger partial charge in [-0.25, -0.2) is 4.98 Å². The maximum absolute atomic E-state index is 12.5. The molecule has 1 atom stereocenters. The minimum Gasteiger partial charge on any atom is -0.334 e. The molecule has 2 aromatic heterocycles. The van der Waals surface area contributed by atoms with Crippen LogP contribution in [0.2, 0.25) is 0 Å². The number of nitrogens with zero attached hydrogens (tertiary/aromatic N) is 4. The fourth-order valence-corrected chi connectivity index (χ4v) is 3.74. The van der Waals surface area contributed by atoms with Crippen molar-refractivity contribution in [2.45, 2.75) is 31.7 Å². The monoisotopic (exact) mass is 354 g/mol. The summed E-state index contributed by atoms with van der Waals surface area (Å²) in [5, 5.41) is 5.88. The molecule has 0 aliphatic carbocycles. The molecule has 0 saturated carbocycles. The molecule has 128 valence electrons. The van der Waals surface area contributed by atoms with Gasteiger partial charge in [-0.1, -0.05) is 23.4 Å². The highest BCUT2D eigenvalue weighted by Gasteiger charge is 2.30. The van der Waals surface area contributed by atoms with E-state index in [1.165, 1.54) is 11.3 Å². The summed E-state index contributed by atoms with van der Waals surface area (Å²) in [6.07, 6.45) is 3.58. The lowest BCUT2D eigenvalue weighted by Gasteiger charge is -2.23. The van der Waals surface area contributed by atoms with Gasteiger partial charge in [0.15, 0.2) is 5.82 Å². The van der Waals surface area contributed by atoms with Crippen LogP contribution in [-0.2, 0) is 6.42 Å². The molecule has 0 bridgehead atoms. The molecule has 3 heterocycles. The molecule has 0 spiro atoms. The largest absolute Gasteiger partial charge is 0.334 e. The van der Waals surface area contributed by atoms with Crippen LogP contribution in [0.5, 0.6) is 0 Å². The molecule has 1 unspecified atom stereocenters. The normalized spacial score (nSPS) is 17.1. The number of hydrogen-bond acceptors (Lipinski definition) is 6. The number of hydrogen-bond donors (Lipinski definition) is 0. The van der Waals surface area contributed by atoms with Gasteiger partial charge in [-0.15, -0.1) is 11.3 Å². The van der Waals surface area contributed by atoms with Gasteiger partial charge in [0.1, 0.15) is 5.69 Å². The number of likely N-dealkylation sites (tertiary alicyclic amines) is 1. The highest BCUT2D eigenvalue weighted by Crippen LogP contribution is 2.24. The Labute approximate surface area is 149 Å². The lowest BCUT2D eigenvalue weighted by molar-refractivity contribution is 0.0725. The lowest BCUT2D eigenvalue weighted by atomic mass is 10.1. The van der Waals surface area contributed by atoms with E-state index in [4.69, 9.17) is 4.52 Å². The molecule has 1 amide bonds. The maximum atomic E-state index is 12.5. The highest BCUT2D eigenvalue weighted by molar-refractivity contribution is 7.07. The van der Waals surface area contributed by atoms with Crippen LogP contribution in [0.25, 0.3) is 11.5 Å². The zero-order valence-corrected chi connectivity index (χ0v) is 14.5. The molecule has 4 rings (SSSR count). The SMILES string of the molecule is O=C(c1cscn1)N1CCCC1CCc1noc(-c2ccccc2)n1. The van der Waals surface area contributed by atoms with Gasteiger partial charge in [-0.05, 0) is 31.4 Å². The van der Waals surface area contributed by atoms with Gasteiger partial charge in [0.2, 0.25) is 0 Å². The summed E-state index contributed by atoms with van der Waals surface area (Å²) in [7, 11) is 0. The van der Waals surface area contributed by atoms with Crippen molar-refractivity contribution in [2.75, 3.05) is 6.54 Å². The highest BCUT2D eigenvalue weighted by atomic mass is 32.1. The van der Waals surface area contributed by atoms with E-state index in [1.54, 1.807) is 5.51 Å². The van der Waals surface area contributed by atoms with Crippen molar-refractivity contribution in [3.05, 3.63) is 52.7 Å². The zero-order chi connectivity index (χ0) is 17.1. The van der Waals surface area contributed by atoms with Crippen LogP contribution in [0.3, 0.4) is 0 Å². The fraction of sp³-hybridized carbons (Fsp3) is 0.333. The number of aromatic nitrogens is 3. The number of aryl methyl sites for hydroxylation is 1. The Bertz CT molecular complexity index is 832. The molecule has 1 aliphatic heterocycles. The van der Waals surface area contributed by atoms with Crippen LogP contribution in [0, 0.1) is 0 Å². The number of amides is 1. The molecule has 1 fully saturated rings. The quantitative estimate of drug-likeness (QED) is 0.702. The molecule has 0 N–H and O–H groups in total. The average Bonchev–Trinajstić information content (AvgIpc) is 3.41. The van der Waals surface area contributed by atoms with Crippen LogP contribution < -0.4 is 0 Å². The first-order valence-corrected chi connectivity index (χ1v) is 9.33. The van der Waals surface area contributed by atoms with E-state index in [0.717, 1.165) is 31.4 Å². The van der Waals surface area contributed by atoms with Gasteiger partial charge < -0.3 is 9.42 Å². The van der Waals surface area contributed by atoms with Crippen molar-refractivity contribution >= 4 is 17.2 Å². The third kappa shape index (κ3) is 3.46. The molecule has 0 radical (unpaired) electrons. The van der Waals surface area contributed by atoms with Gasteiger partial charge in [0.05, 0.1) is 5.51 Å². The van der Waals surface area contributed by atoms with Crippen LogP contribution in [-0.4, -0.2) is 38.5 Å². The van der Waals surface area contributed by atoms with E-state index in [9.17, 15) is 4.79 Å². The topological polar surface area (TPSA) is 72.1 Å². The van der Waals surface area contributed by atoms with Crippen molar-refractivity contribution in [3.63, 3.8) is 0 Å². The molecule has 3 aromatic rings. The van der Waals surface area contributed by atoms with E-state index in [2.05, 4.69) is 15.1 Å². The summed E-state index contributed by atoms with van der Waals surface area (Å²) >= 11 is 1.45. The molecular weight excluding hydrogens is 336 g/mol. The van der Waals surface area contributed by atoms with Crippen LogP contribution in [0.15, 0.2) is 45.7 Å². The Balaban J connectivity index is 1.39. The Morgan fingerprint density at radius 3 is 3.00 bits per heavy atom. The van der Waals surface area contributed by atoms with Gasteiger partial charge in [0, 0.05) is 30.0 Å². The predicted octanol–water partition coefficient (Wildman–Crippen LogP) is 3.43. The van der Waals surface area contributed by atoms with E-state index in [0.29, 0.717) is 23.8 Å². The van der Waals surface area contributed by atoms with Crippen molar-refractivity contribution < 1.29 is 9.32 Å². The van der Waals surface area contributed by atoms with E-state index in [1.807, 2.05) is 40.6 Å². The van der Waals surface area contributed by atoms with E-state index in [-0.39, 0.29) is 11.9 Å². The number of benzene rings is 1. The number of rotatable bonds is 5. The molecular formula is C18H18N4O2S. The summed E-state index contributed by atoms with van der Waals surface area (Å²) in [4.78, 5) is 23.1. The van der Waals surface area contributed by atoms with Gasteiger partial charge in [0.25, 0.3) is 11.8 Å².